The van der Waals surface area contributed by atoms with E-state index in [0.29, 0.717) is 6.42 Å². The minimum Gasteiger partial charge on any atom is -0.595 e. The van der Waals surface area contributed by atoms with E-state index >= 15 is 0 Å². The quantitative estimate of drug-likeness (QED) is 0.706. The van der Waals surface area contributed by atoms with E-state index in [1.807, 2.05) is 30.3 Å². The Morgan fingerprint density at radius 3 is 2.25 bits per heavy atom. The summed E-state index contributed by atoms with van der Waals surface area (Å²) in [6.07, 6.45) is 0.458. The molecule has 0 heterocycles. The summed E-state index contributed by atoms with van der Waals surface area (Å²) in [5, 5.41) is 18.7. The number of nitrogens with one attached hydrogen (secondary N) is 1. The molecule has 0 saturated heterocycles. The standard InChI is InChI=1S/C15H16N2O3/c16-15(18)14(12-4-2-1-3-5-12)10-11-6-8-13(9-7-11)17(19)20/h1-9,14,17,19H,10H2,(H2,16,18)/t14-/m1/s1. The highest BCUT2D eigenvalue weighted by Crippen LogP contribution is 2.21. The summed E-state index contributed by atoms with van der Waals surface area (Å²) in [6, 6.07) is 15.8. The van der Waals surface area contributed by atoms with Gasteiger partial charge in [-0.05, 0) is 17.5 Å². The predicted molar refractivity (Wildman–Crippen MR) is 74.3 cm³/mol. The van der Waals surface area contributed by atoms with Crippen molar-refractivity contribution in [2.45, 2.75) is 12.3 Å². The van der Waals surface area contributed by atoms with E-state index in [1.165, 1.54) is 12.1 Å². The van der Waals surface area contributed by atoms with E-state index in [-0.39, 0.29) is 5.69 Å². The van der Waals surface area contributed by atoms with E-state index in [4.69, 9.17) is 10.9 Å². The van der Waals surface area contributed by atoms with Crippen molar-refractivity contribution in [1.29, 1.82) is 0 Å². The molecule has 0 bridgehead atoms. The van der Waals surface area contributed by atoms with Gasteiger partial charge >= 0.3 is 0 Å². The maximum atomic E-state index is 11.6. The molecule has 0 saturated carbocycles. The molecule has 2 aromatic carbocycles. The lowest BCUT2D eigenvalue weighted by molar-refractivity contribution is -0.991. The molecule has 4 N–H and O–H groups in total. The third kappa shape index (κ3) is 3.42. The first-order chi connectivity index (χ1) is 9.58. The van der Waals surface area contributed by atoms with Crippen molar-refractivity contribution in [3.63, 3.8) is 0 Å². The van der Waals surface area contributed by atoms with E-state index in [2.05, 4.69) is 0 Å². The van der Waals surface area contributed by atoms with Crippen molar-refractivity contribution in [3.05, 3.63) is 70.9 Å². The zero-order valence-corrected chi connectivity index (χ0v) is 10.8. The molecule has 104 valence electrons. The van der Waals surface area contributed by atoms with E-state index in [9.17, 15) is 10.0 Å². The number of hydrogen-bond donors (Lipinski definition) is 3. The van der Waals surface area contributed by atoms with Gasteiger partial charge in [0, 0.05) is 12.1 Å². The Kier molecular flexibility index (Phi) is 4.47. The number of carbonyl (C=O) groups is 1. The normalized spacial score (nSPS) is 13.7. The number of rotatable bonds is 5. The molecule has 20 heavy (non-hydrogen) atoms. The largest absolute Gasteiger partial charge is 0.595 e. The zero-order valence-electron chi connectivity index (χ0n) is 10.8. The van der Waals surface area contributed by atoms with Crippen molar-refractivity contribution < 1.29 is 15.2 Å². The van der Waals surface area contributed by atoms with Crippen molar-refractivity contribution in [2.24, 2.45) is 5.73 Å². The van der Waals surface area contributed by atoms with Crippen LogP contribution in [0, 0.1) is 5.21 Å². The Bertz CT molecular complexity index is 567. The first-order valence-electron chi connectivity index (χ1n) is 6.24. The number of carbonyl (C=O) groups excluding carboxylic acids is 1. The maximum Gasteiger partial charge on any atom is 0.225 e. The highest BCUT2D eigenvalue weighted by Gasteiger charge is 2.18. The Hall–Kier alpha value is -2.21. The second-order valence-electron chi connectivity index (χ2n) is 4.57. The average molecular weight is 272 g/mol. The Morgan fingerprint density at radius 2 is 1.75 bits per heavy atom. The first kappa shape index (κ1) is 14.2. The molecule has 0 aliphatic rings. The molecule has 2 atom stereocenters. The fourth-order valence-electron chi connectivity index (χ4n) is 2.09. The Morgan fingerprint density at radius 1 is 1.15 bits per heavy atom. The SMILES string of the molecule is NC(=O)[C@H](Cc1ccc([NH+]([O-])O)cc1)c1ccccc1. The summed E-state index contributed by atoms with van der Waals surface area (Å²) in [4.78, 5) is 11.6. The molecule has 0 radical (unpaired) electrons. The lowest BCUT2D eigenvalue weighted by Crippen LogP contribution is -2.99. The van der Waals surface area contributed by atoms with Crippen molar-refractivity contribution in [1.82, 2.24) is 0 Å². The molecule has 1 unspecified atom stereocenters. The summed E-state index contributed by atoms with van der Waals surface area (Å²) in [5.41, 5.74) is 7.43. The van der Waals surface area contributed by atoms with Gasteiger partial charge in [-0.3, -0.25) is 4.79 Å². The zero-order chi connectivity index (χ0) is 14.5. The van der Waals surface area contributed by atoms with E-state index < -0.39 is 17.1 Å². The van der Waals surface area contributed by atoms with Crippen LogP contribution in [-0.4, -0.2) is 11.1 Å². The minimum atomic E-state index is -0.967. The predicted octanol–water partition coefficient (Wildman–Crippen LogP) is 0.902. The fraction of sp³-hybridized carbons (Fsp3) is 0.133. The third-order valence-corrected chi connectivity index (χ3v) is 3.19. The van der Waals surface area contributed by atoms with E-state index in [1.54, 1.807) is 12.1 Å². The molecule has 1 amide bonds. The van der Waals surface area contributed by atoms with Gasteiger partial charge in [0.2, 0.25) is 5.91 Å². The van der Waals surface area contributed by atoms with Gasteiger partial charge in [0.25, 0.3) is 0 Å². The van der Waals surface area contributed by atoms with Crippen LogP contribution in [0.15, 0.2) is 54.6 Å². The summed E-state index contributed by atoms with van der Waals surface area (Å²) in [7, 11) is 0. The molecule has 5 nitrogen and oxygen atoms in total. The second-order valence-corrected chi connectivity index (χ2v) is 4.57. The minimum absolute atomic E-state index is 0.226. The highest BCUT2D eigenvalue weighted by molar-refractivity contribution is 5.82. The molecule has 2 aromatic rings. The van der Waals surface area contributed by atoms with Gasteiger partial charge in [-0.1, -0.05) is 42.5 Å². The van der Waals surface area contributed by atoms with Crippen LogP contribution in [-0.2, 0) is 11.2 Å². The summed E-state index contributed by atoms with van der Waals surface area (Å²) < 4.78 is 0. The molecule has 0 spiro atoms. The van der Waals surface area contributed by atoms with Gasteiger partial charge in [0.15, 0.2) is 5.69 Å². The summed E-state index contributed by atoms with van der Waals surface area (Å²) >= 11 is 0. The van der Waals surface area contributed by atoms with Crippen molar-refractivity contribution in [3.8, 4) is 0 Å². The molecular weight excluding hydrogens is 256 g/mol. The van der Waals surface area contributed by atoms with Crippen LogP contribution >= 0.6 is 0 Å². The van der Waals surface area contributed by atoms with Gasteiger partial charge in [-0.15, -0.1) is 0 Å². The molecular formula is C15H16N2O3. The van der Waals surface area contributed by atoms with Crippen molar-refractivity contribution >= 4 is 11.6 Å². The third-order valence-electron chi connectivity index (χ3n) is 3.19. The molecule has 0 aliphatic carbocycles. The van der Waals surface area contributed by atoms with Crippen LogP contribution in [0.3, 0.4) is 0 Å². The fourth-order valence-corrected chi connectivity index (χ4v) is 2.09. The Balaban J connectivity index is 2.19. The number of nitrogens with two attached hydrogens (primary N) is 1. The van der Waals surface area contributed by atoms with Crippen LogP contribution in [0.5, 0.6) is 0 Å². The molecule has 0 aromatic heterocycles. The van der Waals surface area contributed by atoms with Gasteiger partial charge in [0.05, 0.1) is 5.92 Å². The number of hydrogen-bond acceptors (Lipinski definition) is 3. The van der Waals surface area contributed by atoms with Crippen LogP contribution in [0.1, 0.15) is 17.0 Å². The molecule has 0 aliphatic heterocycles. The monoisotopic (exact) mass is 272 g/mol. The van der Waals surface area contributed by atoms with Gasteiger partial charge in [0.1, 0.15) is 0 Å². The van der Waals surface area contributed by atoms with Crippen LogP contribution in [0.25, 0.3) is 0 Å². The Labute approximate surface area is 116 Å². The maximum absolute atomic E-state index is 11.6. The van der Waals surface area contributed by atoms with Crippen LogP contribution in [0.4, 0.5) is 5.69 Å². The molecule has 2 rings (SSSR count). The molecule has 0 fully saturated rings. The van der Waals surface area contributed by atoms with E-state index in [0.717, 1.165) is 11.1 Å². The second kappa shape index (κ2) is 6.29. The van der Waals surface area contributed by atoms with Crippen LogP contribution < -0.4 is 11.0 Å². The van der Waals surface area contributed by atoms with Crippen molar-refractivity contribution in [2.75, 3.05) is 0 Å². The lowest BCUT2D eigenvalue weighted by atomic mass is 9.91. The number of benzene rings is 2. The smallest absolute Gasteiger partial charge is 0.225 e. The summed E-state index contributed by atoms with van der Waals surface area (Å²) in [5.74, 6) is -0.801. The summed E-state index contributed by atoms with van der Waals surface area (Å²) in [6.45, 7) is 0. The van der Waals surface area contributed by atoms with Gasteiger partial charge < -0.3 is 10.9 Å². The highest BCUT2D eigenvalue weighted by atomic mass is 16.8. The number of primary amides is 1. The first-order valence-corrected chi connectivity index (χ1v) is 6.24. The molecule has 5 heteroatoms. The van der Waals surface area contributed by atoms with Gasteiger partial charge in [-0.2, -0.15) is 5.23 Å². The topological polar surface area (TPSA) is 90.8 Å². The number of amides is 1. The van der Waals surface area contributed by atoms with Crippen LogP contribution in [0.2, 0.25) is 0 Å². The number of quaternary nitrogens is 1. The average Bonchev–Trinajstić information content (AvgIpc) is 2.46. The lowest BCUT2D eigenvalue weighted by Gasteiger charge is -2.15. The van der Waals surface area contributed by atoms with Gasteiger partial charge in [-0.25, -0.2) is 5.21 Å².